The van der Waals surface area contributed by atoms with Crippen molar-refractivity contribution in [2.24, 2.45) is 5.73 Å². The number of hydrogen-bond acceptors (Lipinski definition) is 2. The van der Waals surface area contributed by atoms with Crippen LogP contribution >= 0.6 is 0 Å². The van der Waals surface area contributed by atoms with Crippen LogP contribution in [0, 0.1) is 11.6 Å². The molecule has 0 saturated carbocycles. The molecular formula is C10H11F2NO2. The van der Waals surface area contributed by atoms with Gasteiger partial charge in [0.15, 0.2) is 11.6 Å². The summed E-state index contributed by atoms with van der Waals surface area (Å²) in [4.78, 5) is 10.9. The Labute approximate surface area is 85.5 Å². The lowest BCUT2D eigenvalue weighted by molar-refractivity contribution is 0.0994. The maximum Gasteiger partial charge on any atom is 0.252 e. The zero-order valence-corrected chi connectivity index (χ0v) is 7.96. The van der Waals surface area contributed by atoms with Crippen molar-refractivity contribution in [3.63, 3.8) is 0 Å². The van der Waals surface area contributed by atoms with Gasteiger partial charge < -0.3 is 10.8 Å². The largest absolute Gasteiger partial charge is 0.396 e. The van der Waals surface area contributed by atoms with Gasteiger partial charge in [-0.25, -0.2) is 8.78 Å². The highest BCUT2D eigenvalue weighted by atomic mass is 19.2. The lowest BCUT2D eigenvalue weighted by Crippen LogP contribution is -2.17. The first-order valence-electron chi connectivity index (χ1n) is 4.45. The number of benzene rings is 1. The van der Waals surface area contributed by atoms with Crippen LogP contribution in [0.2, 0.25) is 0 Å². The van der Waals surface area contributed by atoms with E-state index in [2.05, 4.69) is 0 Å². The first-order chi connectivity index (χ1) is 7.07. The molecule has 1 amide bonds. The Hall–Kier alpha value is -1.49. The number of aryl methyl sites for hydroxylation is 1. The number of amides is 1. The molecule has 3 nitrogen and oxygen atoms in total. The van der Waals surface area contributed by atoms with E-state index in [-0.39, 0.29) is 13.0 Å². The lowest BCUT2D eigenvalue weighted by Gasteiger charge is -2.07. The first kappa shape index (κ1) is 11.6. The van der Waals surface area contributed by atoms with E-state index in [9.17, 15) is 13.6 Å². The fourth-order valence-electron chi connectivity index (χ4n) is 1.33. The van der Waals surface area contributed by atoms with Crippen LogP contribution in [0.5, 0.6) is 0 Å². The highest BCUT2D eigenvalue weighted by Gasteiger charge is 2.17. The smallest absolute Gasteiger partial charge is 0.252 e. The third-order valence-electron chi connectivity index (χ3n) is 2.03. The molecule has 1 aromatic rings. The van der Waals surface area contributed by atoms with Crippen molar-refractivity contribution >= 4 is 5.91 Å². The summed E-state index contributed by atoms with van der Waals surface area (Å²) in [7, 11) is 0. The number of carbonyl (C=O) groups is 1. The van der Waals surface area contributed by atoms with Crippen LogP contribution < -0.4 is 5.73 Å². The van der Waals surface area contributed by atoms with E-state index in [1.54, 1.807) is 0 Å². The number of aliphatic hydroxyl groups is 1. The summed E-state index contributed by atoms with van der Waals surface area (Å²) >= 11 is 0. The zero-order chi connectivity index (χ0) is 11.4. The minimum Gasteiger partial charge on any atom is -0.396 e. The topological polar surface area (TPSA) is 63.3 Å². The number of primary amides is 1. The molecule has 0 aromatic heterocycles. The minimum atomic E-state index is -1.22. The third kappa shape index (κ3) is 2.50. The lowest BCUT2D eigenvalue weighted by atomic mass is 10.0. The van der Waals surface area contributed by atoms with E-state index in [0.29, 0.717) is 12.0 Å². The van der Waals surface area contributed by atoms with Crippen LogP contribution in [0.3, 0.4) is 0 Å². The van der Waals surface area contributed by atoms with Gasteiger partial charge in [-0.15, -0.1) is 0 Å². The molecule has 0 aliphatic rings. The van der Waals surface area contributed by atoms with Crippen LogP contribution in [-0.4, -0.2) is 17.6 Å². The van der Waals surface area contributed by atoms with Gasteiger partial charge in [-0.1, -0.05) is 6.07 Å². The molecule has 0 radical (unpaired) electrons. The Morgan fingerprint density at radius 2 is 2.07 bits per heavy atom. The van der Waals surface area contributed by atoms with Gasteiger partial charge in [-0.05, 0) is 24.5 Å². The Morgan fingerprint density at radius 3 is 2.60 bits per heavy atom. The average Bonchev–Trinajstić information content (AvgIpc) is 2.19. The first-order valence-corrected chi connectivity index (χ1v) is 4.45. The van der Waals surface area contributed by atoms with Crippen LogP contribution in [0.25, 0.3) is 0 Å². The molecule has 15 heavy (non-hydrogen) atoms. The van der Waals surface area contributed by atoms with Gasteiger partial charge in [-0.3, -0.25) is 4.79 Å². The molecular weight excluding hydrogens is 204 g/mol. The third-order valence-corrected chi connectivity index (χ3v) is 2.03. The number of rotatable bonds is 4. The quantitative estimate of drug-likeness (QED) is 0.786. The Morgan fingerprint density at radius 1 is 1.40 bits per heavy atom. The molecule has 0 aliphatic carbocycles. The van der Waals surface area contributed by atoms with Crippen molar-refractivity contribution in [3.05, 3.63) is 34.9 Å². The molecule has 0 spiro atoms. The van der Waals surface area contributed by atoms with Gasteiger partial charge >= 0.3 is 0 Å². The second-order valence-electron chi connectivity index (χ2n) is 3.09. The summed E-state index contributed by atoms with van der Waals surface area (Å²) in [5.41, 5.74) is 4.84. The molecule has 3 N–H and O–H groups in total. The standard InChI is InChI=1S/C10H11F2NO2/c11-7-4-3-6(2-1-5-14)8(9(7)12)10(13)15/h3-4,14H,1-2,5H2,(H2,13,15). The molecule has 0 bridgehead atoms. The van der Waals surface area contributed by atoms with Crippen LogP contribution in [0.1, 0.15) is 22.3 Å². The van der Waals surface area contributed by atoms with Crippen molar-refractivity contribution in [1.82, 2.24) is 0 Å². The maximum absolute atomic E-state index is 13.2. The van der Waals surface area contributed by atoms with Crippen LogP contribution in [0.4, 0.5) is 8.78 Å². The van der Waals surface area contributed by atoms with Gasteiger partial charge in [-0.2, -0.15) is 0 Å². The Kier molecular flexibility index (Phi) is 3.74. The SMILES string of the molecule is NC(=O)c1c(CCCO)ccc(F)c1F. The summed E-state index contributed by atoms with van der Waals surface area (Å²) in [5.74, 6) is -3.32. The molecule has 0 unspecified atom stereocenters. The number of hydrogen-bond donors (Lipinski definition) is 2. The number of halogens is 2. The monoisotopic (exact) mass is 215 g/mol. The fourth-order valence-corrected chi connectivity index (χ4v) is 1.33. The van der Waals surface area contributed by atoms with E-state index in [1.165, 1.54) is 6.07 Å². The van der Waals surface area contributed by atoms with Crippen molar-refractivity contribution < 1.29 is 18.7 Å². The van der Waals surface area contributed by atoms with E-state index in [0.717, 1.165) is 6.07 Å². The summed E-state index contributed by atoms with van der Waals surface area (Å²) in [6.07, 6.45) is 0.650. The van der Waals surface area contributed by atoms with Gasteiger partial charge in [0.1, 0.15) is 0 Å². The van der Waals surface area contributed by atoms with Crippen molar-refractivity contribution in [1.29, 1.82) is 0 Å². The number of carbonyl (C=O) groups excluding carboxylic acids is 1. The van der Waals surface area contributed by atoms with E-state index >= 15 is 0 Å². The predicted octanol–water partition coefficient (Wildman–Crippen LogP) is 0.989. The molecule has 1 aromatic carbocycles. The molecule has 0 heterocycles. The Balaban J connectivity index is 3.15. The summed E-state index contributed by atoms with van der Waals surface area (Å²) in [5, 5.41) is 8.60. The van der Waals surface area contributed by atoms with E-state index in [4.69, 9.17) is 10.8 Å². The number of aliphatic hydroxyl groups excluding tert-OH is 1. The fraction of sp³-hybridized carbons (Fsp3) is 0.300. The van der Waals surface area contributed by atoms with Gasteiger partial charge in [0, 0.05) is 6.61 Å². The molecule has 82 valence electrons. The molecule has 0 saturated heterocycles. The molecule has 0 atom stereocenters. The predicted molar refractivity (Wildman–Crippen MR) is 50.3 cm³/mol. The van der Waals surface area contributed by atoms with Crippen LogP contribution in [0.15, 0.2) is 12.1 Å². The molecule has 0 fully saturated rings. The zero-order valence-electron chi connectivity index (χ0n) is 7.96. The second-order valence-corrected chi connectivity index (χ2v) is 3.09. The van der Waals surface area contributed by atoms with E-state index in [1.807, 2.05) is 0 Å². The molecule has 0 aliphatic heterocycles. The minimum absolute atomic E-state index is 0.0861. The maximum atomic E-state index is 13.2. The van der Waals surface area contributed by atoms with Crippen molar-refractivity contribution in [2.75, 3.05) is 6.61 Å². The van der Waals surface area contributed by atoms with Crippen molar-refractivity contribution in [3.8, 4) is 0 Å². The summed E-state index contributed by atoms with van der Waals surface area (Å²) in [6.45, 7) is -0.0861. The number of nitrogens with two attached hydrogens (primary N) is 1. The molecule has 5 heteroatoms. The van der Waals surface area contributed by atoms with Crippen molar-refractivity contribution in [2.45, 2.75) is 12.8 Å². The van der Waals surface area contributed by atoms with E-state index < -0.39 is 23.1 Å². The molecule has 1 rings (SSSR count). The summed E-state index contributed by atoms with van der Waals surface area (Å²) < 4.78 is 26.0. The summed E-state index contributed by atoms with van der Waals surface area (Å²) in [6, 6.07) is 2.24. The normalized spacial score (nSPS) is 10.3. The highest BCUT2D eigenvalue weighted by molar-refractivity contribution is 5.94. The Bertz CT molecular complexity index is 380. The van der Waals surface area contributed by atoms with Gasteiger partial charge in [0.2, 0.25) is 0 Å². The second kappa shape index (κ2) is 4.84. The van der Waals surface area contributed by atoms with Crippen LogP contribution in [-0.2, 0) is 6.42 Å². The van der Waals surface area contributed by atoms with Gasteiger partial charge in [0.05, 0.1) is 5.56 Å². The average molecular weight is 215 g/mol. The van der Waals surface area contributed by atoms with Gasteiger partial charge in [0.25, 0.3) is 5.91 Å². The highest BCUT2D eigenvalue weighted by Crippen LogP contribution is 2.17.